The molecule has 22 heavy (non-hydrogen) atoms. The van der Waals surface area contributed by atoms with E-state index in [0.29, 0.717) is 10.9 Å². The first kappa shape index (κ1) is 14.0. The second kappa shape index (κ2) is 5.44. The molecule has 0 saturated heterocycles. The van der Waals surface area contributed by atoms with Gasteiger partial charge in [-0.1, -0.05) is 0 Å². The third kappa shape index (κ3) is 2.60. The van der Waals surface area contributed by atoms with E-state index >= 15 is 0 Å². The van der Waals surface area contributed by atoms with Gasteiger partial charge in [-0.15, -0.1) is 0 Å². The van der Waals surface area contributed by atoms with Crippen molar-refractivity contribution in [3.63, 3.8) is 0 Å². The first-order chi connectivity index (χ1) is 10.5. The summed E-state index contributed by atoms with van der Waals surface area (Å²) in [5.41, 5.74) is 0.103. The molecule has 3 rings (SSSR count). The van der Waals surface area contributed by atoms with E-state index in [1.807, 2.05) is 0 Å². The standard InChI is InChI=1S/C15H11F2N3O2/c16-9-1-2-11(17)12(7-9)19-14(21)8-20-6-4-10-13(20)3-5-18-15(10)22/h1-7H,8H2,(H,18,22)(H,19,21). The van der Waals surface area contributed by atoms with E-state index in [4.69, 9.17) is 0 Å². The summed E-state index contributed by atoms with van der Waals surface area (Å²) in [7, 11) is 0. The Morgan fingerprint density at radius 2 is 2.05 bits per heavy atom. The maximum atomic E-state index is 13.5. The summed E-state index contributed by atoms with van der Waals surface area (Å²) in [6.45, 7) is -0.122. The minimum absolute atomic E-state index is 0.122. The first-order valence-electron chi connectivity index (χ1n) is 6.46. The molecule has 0 saturated carbocycles. The van der Waals surface area contributed by atoms with E-state index in [1.54, 1.807) is 22.9 Å². The number of carbonyl (C=O) groups is 1. The maximum Gasteiger partial charge on any atom is 0.257 e. The van der Waals surface area contributed by atoms with Crippen molar-refractivity contribution in [2.24, 2.45) is 0 Å². The summed E-state index contributed by atoms with van der Waals surface area (Å²) in [6, 6.07) is 6.06. The molecule has 0 unspecified atom stereocenters. The van der Waals surface area contributed by atoms with E-state index in [9.17, 15) is 18.4 Å². The first-order valence-corrected chi connectivity index (χ1v) is 6.46. The highest BCUT2D eigenvalue weighted by molar-refractivity contribution is 5.92. The van der Waals surface area contributed by atoms with Gasteiger partial charge < -0.3 is 14.9 Å². The lowest BCUT2D eigenvalue weighted by Gasteiger charge is -2.08. The van der Waals surface area contributed by atoms with E-state index in [1.165, 1.54) is 6.20 Å². The van der Waals surface area contributed by atoms with Gasteiger partial charge >= 0.3 is 0 Å². The zero-order valence-corrected chi connectivity index (χ0v) is 11.3. The van der Waals surface area contributed by atoms with Crippen LogP contribution in [0.2, 0.25) is 0 Å². The zero-order valence-electron chi connectivity index (χ0n) is 11.3. The predicted octanol–water partition coefficient (Wildman–Crippen LogP) is 2.25. The molecule has 0 radical (unpaired) electrons. The third-order valence-electron chi connectivity index (χ3n) is 3.22. The second-order valence-electron chi connectivity index (χ2n) is 4.72. The number of aromatic amines is 1. The number of pyridine rings is 1. The van der Waals surface area contributed by atoms with Crippen molar-refractivity contribution in [2.75, 3.05) is 5.32 Å². The number of carbonyl (C=O) groups excluding carboxylic acids is 1. The molecule has 0 aliphatic heterocycles. The Kier molecular flexibility index (Phi) is 3.46. The SMILES string of the molecule is O=C(Cn1ccc2c(=O)[nH]ccc21)Nc1cc(F)ccc1F. The maximum absolute atomic E-state index is 13.5. The molecule has 1 amide bonds. The highest BCUT2D eigenvalue weighted by atomic mass is 19.1. The molecule has 0 spiro atoms. The van der Waals surface area contributed by atoms with E-state index in [-0.39, 0.29) is 17.8 Å². The number of hydrogen-bond acceptors (Lipinski definition) is 2. The number of nitrogens with one attached hydrogen (secondary N) is 2. The summed E-state index contributed by atoms with van der Waals surface area (Å²) < 4.78 is 28.1. The molecule has 0 fully saturated rings. The molecule has 112 valence electrons. The average Bonchev–Trinajstić information content (AvgIpc) is 2.87. The molecule has 0 bridgehead atoms. The molecule has 2 heterocycles. The minimum Gasteiger partial charge on any atom is -0.338 e. The Morgan fingerprint density at radius 3 is 2.86 bits per heavy atom. The smallest absolute Gasteiger partial charge is 0.257 e. The molecule has 0 aliphatic rings. The lowest BCUT2D eigenvalue weighted by atomic mass is 10.3. The van der Waals surface area contributed by atoms with Crippen LogP contribution in [-0.4, -0.2) is 15.5 Å². The van der Waals surface area contributed by atoms with Gasteiger partial charge in [0.2, 0.25) is 5.91 Å². The largest absolute Gasteiger partial charge is 0.338 e. The van der Waals surface area contributed by atoms with Crippen LogP contribution < -0.4 is 10.9 Å². The van der Waals surface area contributed by atoms with Gasteiger partial charge in [-0.05, 0) is 24.3 Å². The lowest BCUT2D eigenvalue weighted by Crippen LogP contribution is -2.19. The Morgan fingerprint density at radius 1 is 1.23 bits per heavy atom. The fraction of sp³-hybridized carbons (Fsp3) is 0.0667. The van der Waals surface area contributed by atoms with Crippen molar-refractivity contribution in [3.05, 3.63) is 64.7 Å². The van der Waals surface area contributed by atoms with Gasteiger partial charge in [-0.2, -0.15) is 0 Å². The summed E-state index contributed by atoms with van der Waals surface area (Å²) in [6.07, 6.45) is 3.06. The highest BCUT2D eigenvalue weighted by Crippen LogP contribution is 2.16. The zero-order chi connectivity index (χ0) is 15.7. The number of nitrogens with zero attached hydrogens (tertiary/aromatic N) is 1. The van der Waals surface area contributed by atoms with Gasteiger partial charge in [0, 0.05) is 18.5 Å². The predicted molar refractivity (Wildman–Crippen MR) is 77.5 cm³/mol. The van der Waals surface area contributed by atoms with Crippen LogP contribution in [0.5, 0.6) is 0 Å². The summed E-state index contributed by atoms with van der Waals surface area (Å²) in [5, 5.41) is 2.76. The molecule has 5 nitrogen and oxygen atoms in total. The monoisotopic (exact) mass is 303 g/mol. The molecule has 3 aromatic rings. The minimum atomic E-state index is -0.719. The van der Waals surface area contributed by atoms with Crippen LogP contribution in [0.25, 0.3) is 10.9 Å². The number of benzene rings is 1. The van der Waals surface area contributed by atoms with Crippen molar-refractivity contribution >= 4 is 22.5 Å². The van der Waals surface area contributed by atoms with Gasteiger partial charge in [0.1, 0.15) is 18.2 Å². The summed E-state index contributed by atoms with van der Waals surface area (Å²) in [4.78, 5) is 26.1. The van der Waals surface area contributed by atoms with E-state index < -0.39 is 17.5 Å². The van der Waals surface area contributed by atoms with Crippen molar-refractivity contribution in [2.45, 2.75) is 6.54 Å². The fourth-order valence-corrected chi connectivity index (χ4v) is 2.21. The van der Waals surface area contributed by atoms with Crippen molar-refractivity contribution < 1.29 is 13.6 Å². The molecule has 0 atom stereocenters. The summed E-state index contributed by atoms with van der Waals surface area (Å²) >= 11 is 0. The quantitative estimate of drug-likeness (QED) is 0.779. The number of anilines is 1. The van der Waals surface area contributed by atoms with Gasteiger partial charge in [0.15, 0.2) is 0 Å². The number of halogens is 2. The van der Waals surface area contributed by atoms with Gasteiger partial charge in [0.25, 0.3) is 5.56 Å². The topological polar surface area (TPSA) is 66.9 Å². The number of fused-ring (bicyclic) bond motifs is 1. The van der Waals surface area contributed by atoms with Crippen LogP contribution in [0.15, 0.2) is 47.5 Å². The number of rotatable bonds is 3. The molecule has 2 N–H and O–H groups in total. The fourth-order valence-electron chi connectivity index (χ4n) is 2.21. The van der Waals surface area contributed by atoms with Crippen molar-refractivity contribution in [1.82, 2.24) is 9.55 Å². The van der Waals surface area contributed by atoms with Crippen LogP contribution >= 0.6 is 0 Å². The molecular weight excluding hydrogens is 292 g/mol. The van der Waals surface area contributed by atoms with Crippen LogP contribution in [0.3, 0.4) is 0 Å². The van der Waals surface area contributed by atoms with Gasteiger partial charge in [-0.25, -0.2) is 8.78 Å². The molecule has 1 aromatic carbocycles. The van der Waals surface area contributed by atoms with Gasteiger partial charge in [0.05, 0.1) is 16.6 Å². The second-order valence-corrected chi connectivity index (χ2v) is 4.72. The Labute approximate surface area is 123 Å². The Hall–Kier alpha value is -2.96. The Balaban J connectivity index is 1.83. The molecule has 7 heteroatoms. The number of aromatic nitrogens is 2. The van der Waals surface area contributed by atoms with Crippen molar-refractivity contribution in [3.8, 4) is 0 Å². The van der Waals surface area contributed by atoms with E-state index in [0.717, 1.165) is 18.2 Å². The van der Waals surface area contributed by atoms with Crippen LogP contribution in [-0.2, 0) is 11.3 Å². The van der Waals surface area contributed by atoms with Gasteiger partial charge in [-0.3, -0.25) is 9.59 Å². The number of amides is 1. The van der Waals surface area contributed by atoms with Crippen LogP contribution in [0.1, 0.15) is 0 Å². The van der Waals surface area contributed by atoms with E-state index in [2.05, 4.69) is 10.3 Å². The van der Waals surface area contributed by atoms with Crippen LogP contribution in [0.4, 0.5) is 14.5 Å². The molecule has 2 aromatic heterocycles. The van der Waals surface area contributed by atoms with Crippen LogP contribution in [0, 0.1) is 11.6 Å². The summed E-state index contributed by atoms with van der Waals surface area (Å²) in [5.74, 6) is -1.89. The normalized spacial score (nSPS) is 10.8. The molecule has 0 aliphatic carbocycles. The highest BCUT2D eigenvalue weighted by Gasteiger charge is 2.11. The third-order valence-corrected chi connectivity index (χ3v) is 3.22. The number of hydrogen-bond donors (Lipinski definition) is 2. The Bertz CT molecular complexity index is 915. The van der Waals surface area contributed by atoms with Crippen molar-refractivity contribution in [1.29, 1.82) is 0 Å². The lowest BCUT2D eigenvalue weighted by molar-refractivity contribution is -0.116. The number of H-pyrrole nitrogens is 1. The molecular formula is C15H11F2N3O2. The average molecular weight is 303 g/mol.